The molecule has 5 fully saturated rings. The fourth-order valence-corrected chi connectivity index (χ4v) is 14.6. The fourth-order valence-electron chi connectivity index (χ4n) is 13.6. The number of likely N-dealkylation sites (tertiary alicyclic amines) is 2. The molecule has 0 bridgehead atoms. The molecule has 2 aliphatic carbocycles. The Morgan fingerprint density at radius 1 is 0.776 bits per heavy atom. The molecular formula is C67H96N14O16S. The number of phenolic OH excluding ortho intramolecular Hbond substituents is 1. The summed E-state index contributed by atoms with van der Waals surface area (Å²) in [5.74, 6) is -5.97. The minimum absolute atomic E-state index is 0.000123. The number of nitrogens with two attached hydrogens (primary N) is 2. The SMILES string of the molecule is C[C@@H](O)[C@H](NC(=O)[C@H](C[C@@H](O)CNC=O)NC[C@H]1CC[C@H](c2nnc(-c3ccc(-c4cnc(N5CCC(OC6CCCCC6)CC5)nc4)cc3)s2)CC1)C(=O)N1C[C@H](O)C[C@H]1C(=O)N[C@H](C(=O)N[C@H](C(=O)N1C[C@@H](O)[C@@H](C)C1)[C@H](O)CC(N)=O)[C@H](O)Cc1ccc(O)c(OCCN)c1. The van der Waals surface area contributed by atoms with Gasteiger partial charge in [0.2, 0.25) is 47.8 Å². The molecule has 16 N–H and O–H groups in total. The number of nitrogens with one attached hydrogen (secondary N) is 5. The van der Waals surface area contributed by atoms with Crippen molar-refractivity contribution in [1.82, 2.24) is 56.5 Å². The lowest BCUT2D eigenvalue weighted by molar-refractivity contribution is -0.145. The van der Waals surface area contributed by atoms with Gasteiger partial charge in [-0.15, -0.1) is 10.2 Å². The predicted molar refractivity (Wildman–Crippen MR) is 358 cm³/mol. The first kappa shape index (κ1) is 74.6. The van der Waals surface area contributed by atoms with Crippen LogP contribution in [0.5, 0.6) is 11.5 Å². The van der Waals surface area contributed by atoms with Crippen LogP contribution in [0.3, 0.4) is 0 Å². The van der Waals surface area contributed by atoms with E-state index in [1.165, 1.54) is 57.2 Å². The largest absolute Gasteiger partial charge is 0.504 e. The van der Waals surface area contributed by atoms with E-state index in [2.05, 4.69) is 41.7 Å². The molecule has 5 aliphatic rings. The lowest BCUT2D eigenvalue weighted by Crippen LogP contribution is -2.63. The number of aromatic hydroxyl groups is 1. The first-order valence-corrected chi connectivity index (χ1v) is 35.0. The Bertz CT molecular complexity index is 3290. The Morgan fingerprint density at radius 2 is 1.46 bits per heavy atom. The number of benzene rings is 2. The molecule has 12 atom stereocenters. The van der Waals surface area contributed by atoms with E-state index in [1.807, 2.05) is 36.7 Å². The standard InChI is InChI=1S/C67H96N14O16S/c1-37-33-80(35-54(37)89)65(94)59(53(88)28-56(69)90)76-62(93)58(52(87)24-40-10-17-51(86)55(25-40)96-23-20-68)75-61(92)50-27-46(85)34-81(50)66(95)57(38(2)83)74-60(91)49(26-45(84)32-70-36-82)71-29-39-8-11-42(12-9-39)63-77-78-64(98-63)43-15-13-41(14-16-43)44-30-72-67(73-31-44)79-21-18-48(19-22-79)97-47-6-4-3-5-7-47/h10,13-17,25,30-31,36-39,42,45-50,52-54,57-59,71,83-89H,3-9,11-12,18-24,26-29,32-35,68H2,1-2H3,(H2,69,90)(H,70,82)(H,74,91)(H,75,92)(H,76,93)/t37-,38+,39-,42-,45+,46+,49-,50-,52+,53+,54+,57-,58-,59-/m0/s1. The van der Waals surface area contributed by atoms with Crippen molar-refractivity contribution in [3.05, 3.63) is 65.4 Å². The van der Waals surface area contributed by atoms with E-state index in [1.54, 1.807) is 18.3 Å². The Balaban J connectivity index is 0.817. The normalized spacial score (nSPS) is 23.3. The van der Waals surface area contributed by atoms with Crippen molar-refractivity contribution in [2.75, 3.05) is 63.9 Å². The Hall–Kier alpha value is -7.59. The molecule has 2 aromatic heterocycles. The second-order valence-corrected chi connectivity index (χ2v) is 27.8. The van der Waals surface area contributed by atoms with E-state index in [9.17, 15) is 69.3 Å². The van der Waals surface area contributed by atoms with Crippen LogP contribution in [-0.2, 0) is 44.7 Å². The molecule has 3 saturated heterocycles. The molecule has 2 aromatic carbocycles. The lowest BCUT2D eigenvalue weighted by atomic mass is 9.82. The van der Waals surface area contributed by atoms with Crippen molar-refractivity contribution in [1.29, 1.82) is 0 Å². The number of anilines is 1. The maximum Gasteiger partial charge on any atom is 0.248 e. The van der Waals surface area contributed by atoms with Gasteiger partial charge in [0, 0.05) is 94.0 Å². The number of rotatable bonds is 32. The maximum atomic E-state index is 14.7. The van der Waals surface area contributed by atoms with E-state index >= 15 is 0 Å². The number of phenols is 1. The van der Waals surface area contributed by atoms with Gasteiger partial charge < -0.3 is 98.0 Å². The van der Waals surface area contributed by atoms with Gasteiger partial charge in [0.05, 0.1) is 61.3 Å². The molecule has 7 amide bonds. The molecule has 30 nitrogen and oxygen atoms in total. The Morgan fingerprint density at radius 3 is 2.11 bits per heavy atom. The summed E-state index contributed by atoms with van der Waals surface area (Å²) >= 11 is 1.54. The summed E-state index contributed by atoms with van der Waals surface area (Å²) in [6.45, 7) is 4.12. The third-order valence-electron chi connectivity index (χ3n) is 19.3. The van der Waals surface area contributed by atoms with Gasteiger partial charge in [-0.2, -0.15) is 0 Å². The van der Waals surface area contributed by atoms with Gasteiger partial charge in [-0.25, -0.2) is 9.97 Å². The first-order chi connectivity index (χ1) is 47.0. The van der Waals surface area contributed by atoms with E-state index in [0.29, 0.717) is 25.2 Å². The van der Waals surface area contributed by atoms with Crippen LogP contribution in [0.2, 0.25) is 0 Å². The van der Waals surface area contributed by atoms with E-state index in [0.717, 1.165) is 94.1 Å². The van der Waals surface area contributed by atoms with Gasteiger partial charge in [0.25, 0.3) is 0 Å². The second-order valence-electron chi connectivity index (χ2n) is 26.8. The number of hydrogen-bond acceptors (Lipinski definition) is 24. The summed E-state index contributed by atoms with van der Waals surface area (Å²) in [6, 6.07) is 3.59. The topological polar surface area (TPSA) is 453 Å². The molecule has 536 valence electrons. The highest BCUT2D eigenvalue weighted by atomic mass is 32.1. The van der Waals surface area contributed by atoms with E-state index in [4.69, 9.17) is 30.9 Å². The number of carbonyl (C=O) groups is 7. The Labute approximate surface area is 573 Å². The molecule has 0 spiro atoms. The summed E-state index contributed by atoms with van der Waals surface area (Å²) in [5.41, 5.74) is 14.1. The van der Waals surface area contributed by atoms with Gasteiger partial charge >= 0.3 is 0 Å². The van der Waals surface area contributed by atoms with Crippen LogP contribution in [0.15, 0.2) is 54.9 Å². The number of aliphatic hydroxyl groups excluding tert-OH is 6. The van der Waals surface area contributed by atoms with Crippen LogP contribution in [0.25, 0.3) is 21.7 Å². The average molecular weight is 1390 g/mol. The minimum Gasteiger partial charge on any atom is -0.504 e. The summed E-state index contributed by atoms with van der Waals surface area (Å²) in [7, 11) is 0. The number of β-amino-alcohol motifs (C(OH)–C–C–N with tert-alkyl or cyclic N) is 2. The van der Waals surface area contributed by atoms with Crippen LogP contribution >= 0.6 is 11.3 Å². The van der Waals surface area contributed by atoms with Gasteiger partial charge in [0.15, 0.2) is 11.5 Å². The third-order valence-corrected chi connectivity index (χ3v) is 20.4. The zero-order valence-electron chi connectivity index (χ0n) is 55.5. The second kappa shape index (κ2) is 35.4. The van der Waals surface area contributed by atoms with Crippen LogP contribution in [0, 0.1) is 11.8 Å². The van der Waals surface area contributed by atoms with E-state index in [-0.39, 0.29) is 68.1 Å². The summed E-state index contributed by atoms with van der Waals surface area (Å²) in [5, 5.41) is 101. The molecule has 3 aliphatic heterocycles. The number of piperidine rings is 1. The van der Waals surface area contributed by atoms with Gasteiger partial charge in [-0.3, -0.25) is 33.6 Å². The molecule has 0 radical (unpaired) electrons. The number of hydrogen-bond donors (Lipinski definition) is 14. The average Bonchev–Trinajstić information content (AvgIpc) is 1.65. The molecule has 2 saturated carbocycles. The van der Waals surface area contributed by atoms with Gasteiger partial charge in [-0.1, -0.05) is 67.9 Å². The highest BCUT2D eigenvalue weighted by Gasteiger charge is 2.46. The van der Waals surface area contributed by atoms with Crippen LogP contribution in [0.4, 0.5) is 5.95 Å². The smallest absolute Gasteiger partial charge is 0.248 e. The predicted octanol–water partition coefficient (Wildman–Crippen LogP) is -0.772. The number of nitrogens with zero attached hydrogens (tertiary/aromatic N) is 7. The summed E-state index contributed by atoms with van der Waals surface area (Å²) < 4.78 is 12.0. The fraction of sp³-hybridized carbons (Fsp3) is 0.627. The number of ether oxygens (including phenoxy) is 2. The zero-order valence-corrected chi connectivity index (χ0v) is 56.3. The van der Waals surface area contributed by atoms with Crippen molar-refractivity contribution in [2.45, 2.75) is 195 Å². The molecule has 98 heavy (non-hydrogen) atoms. The number of carbonyl (C=O) groups excluding carboxylic acids is 7. The monoisotopic (exact) mass is 1380 g/mol. The van der Waals surface area contributed by atoms with Crippen molar-refractivity contribution in [3.8, 4) is 33.2 Å². The molecule has 5 heterocycles. The number of amides is 7. The third kappa shape index (κ3) is 20.1. The molecule has 4 aromatic rings. The first-order valence-electron chi connectivity index (χ1n) is 34.1. The van der Waals surface area contributed by atoms with Gasteiger partial charge in [-0.05, 0) is 100 Å². The lowest BCUT2D eigenvalue weighted by Gasteiger charge is -2.34. The van der Waals surface area contributed by atoms with Crippen molar-refractivity contribution < 1.29 is 78.8 Å². The van der Waals surface area contributed by atoms with Crippen LogP contribution in [0.1, 0.15) is 120 Å². The van der Waals surface area contributed by atoms with E-state index < -0.39 is 134 Å². The van der Waals surface area contributed by atoms with Crippen molar-refractivity contribution >= 4 is 59.1 Å². The van der Waals surface area contributed by atoms with Gasteiger partial charge in [0.1, 0.15) is 40.8 Å². The number of aliphatic hydroxyl groups is 6. The summed E-state index contributed by atoms with van der Waals surface area (Å²) in [6.07, 6.45) is 5.02. The molecular weight excluding hydrogens is 1290 g/mol. The quantitative estimate of drug-likeness (QED) is 0.0267. The minimum atomic E-state index is -2.03. The molecule has 0 unspecified atom stereocenters. The molecule has 9 rings (SSSR count). The van der Waals surface area contributed by atoms with Crippen LogP contribution in [-0.4, -0.2) is 246 Å². The maximum absolute atomic E-state index is 14.7. The van der Waals surface area contributed by atoms with Crippen molar-refractivity contribution in [2.24, 2.45) is 23.3 Å². The zero-order chi connectivity index (χ0) is 70.2. The van der Waals surface area contributed by atoms with Crippen molar-refractivity contribution in [3.63, 3.8) is 0 Å². The highest BCUT2D eigenvalue weighted by molar-refractivity contribution is 7.14. The number of primary amides is 1. The molecule has 31 heteroatoms. The number of aromatic nitrogens is 4. The highest BCUT2D eigenvalue weighted by Crippen LogP contribution is 2.39. The van der Waals surface area contributed by atoms with Crippen LogP contribution < -0.4 is 47.7 Å². The Kier molecular flexibility index (Phi) is 27.0. The summed E-state index contributed by atoms with van der Waals surface area (Å²) in [4.78, 5) is 109.